The number of benzene rings is 2. The highest BCUT2D eigenvalue weighted by atomic mass is 32.2. The molecule has 1 amide bonds. The number of nitrogens with zero attached hydrogens (tertiary/aromatic N) is 3. The maximum absolute atomic E-state index is 12.5. The largest absolute Gasteiger partial charge is 0.493 e. The average Bonchev–Trinajstić information content (AvgIpc) is 3.24. The van der Waals surface area contributed by atoms with E-state index in [1.165, 1.54) is 0 Å². The Bertz CT molecular complexity index is 1190. The fourth-order valence-electron chi connectivity index (χ4n) is 3.84. The Morgan fingerprint density at radius 1 is 1.21 bits per heavy atom. The molecule has 178 valence electrons. The predicted octanol–water partition coefficient (Wildman–Crippen LogP) is 4.53. The number of fused-ring (bicyclic) bond motifs is 1. The number of primary amides is 1. The first-order chi connectivity index (χ1) is 16.5. The van der Waals surface area contributed by atoms with Crippen molar-refractivity contribution in [2.45, 2.75) is 44.5 Å². The quantitative estimate of drug-likeness (QED) is 0.325. The van der Waals surface area contributed by atoms with E-state index in [0.29, 0.717) is 40.5 Å². The van der Waals surface area contributed by atoms with Crippen molar-refractivity contribution in [2.75, 3.05) is 18.2 Å². The topological polar surface area (TPSA) is 104 Å². The highest BCUT2D eigenvalue weighted by Gasteiger charge is 2.33. The average molecular weight is 480 g/mol. The second-order valence-electron chi connectivity index (χ2n) is 7.98. The number of amides is 1. The van der Waals surface area contributed by atoms with Gasteiger partial charge in [0.15, 0.2) is 11.5 Å². The zero-order chi connectivity index (χ0) is 24.1. The van der Waals surface area contributed by atoms with Gasteiger partial charge in [0, 0.05) is 11.4 Å². The lowest BCUT2D eigenvalue weighted by Gasteiger charge is -2.28. The lowest BCUT2D eigenvalue weighted by Crippen LogP contribution is -2.31. The van der Waals surface area contributed by atoms with Crippen LogP contribution in [0.15, 0.2) is 65.0 Å². The van der Waals surface area contributed by atoms with E-state index in [1.807, 2.05) is 55.5 Å². The summed E-state index contributed by atoms with van der Waals surface area (Å²) in [6.07, 6.45) is 2.18. The molecule has 0 bridgehead atoms. The van der Waals surface area contributed by atoms with Crippen LogP contribution in [0.4, 0.5) is 5.95 Å². The van der Waals surface area contributed by atoms with E-state index < -0.39 is 11.9 Å². The molecular formula is C25H29N5O3S. The lowest BCUT2D eigenvalue weighted by atomic mass is 9.95. The SMILES string of the molecule is CCCCSc1nc2n(n1)C(c1ccc(OCc3ccccc3)c(OC)c1)C(C(N)=O)=C(C)N2. The smallest absolute Gasteiger partial charge is 0.248 e. The molecule has 1 aliphatic heterocycles. The summed E-state index contributed by atoms with van der Waals surface area (Å²) in [5.41, 5.74) is 8.75. The number of aromatic nitrogens is 3. The first kappa shape index (κ1) is 23.7. The van der Waals surface area contributed by atoms with E-state index in [4.69, 9.17) is 20.3 Å². The molecule has 3 aromatic rings. The molecule has 1 aromatic heterocycles. The number of rotatable bonds is 10. The third-order valence-corrected chi connectivity index (χ3v) is 6.49. The Morgan fingerprint density at radius 2 is 2.00 bits per heavy atom. The number of unbranched alkanes of at least 4 members (excludes halogenated alkanes) is 1. The summed E-state index contributed by atoms with van der Waals surface area (Å²) in [7, 11) is 1.59. The maximum Gasteiger partial charge on any atom is 0.248 e. The van der Waals surface area contributed by atoms with Crippen molar-refractivity contribution >= 4 is 23.6 Å². The van der Waals surface area contributed by atoms with Crippen LogP contribution in [-0.4, -0.2) is 33.5 Å². The highest BCUT2D eigenvalue weighted by Crippen LogP contribution is 2.39. The second-order valence-corrected chi connectivity index (χ2v) is 9.04. The van der Waals surface area contributed by atoms with E-state index in [-0.39, 0.29) is 0 Å². The summed E-state index contributed by atoms with van der Waals surface area (Å²) >= 11 is 1.60. The van der Waals surface area contributed by atoms with Gasteiger partial charge in [-0.2, -0.15) is 4.98 Å². The van der Waals surface area contributed by atoms with Crippen LogP contribution >= 0.6 is 11.8 Å². The van der Waals surface area contributed by atoms with Crippen LogP contribution in [0.5, 0.6) is 11.5 Å². The van der Waals surface area contributed by atoms with Gasteiger partial charge in [-0.3, -0.25) is 4.79 Å². The standard InChI is InChI=1S/C25H29N5O3S/c1-4-5-13-34-25-28-24-27-16(2)21(23(26)31)22(30(24)29-25)18-11-12-19(20(14-18)32-3)33-15-17-9-7-6-8-10-17/h6-12,14,22H,4-5,13,15H2,1-3H3,(H2,26,31)(H,27,28,29). The van der Waals surface area contributed by atoms with Crippen molar-refractivity contribution in [3.63, 3.8) is 0 Å². The molecule has 0 aliphatic carbocycles. The molecular weight excluding hydrogens is 450 g/mol. The lowest BCUT2D eigenvalue weighted by molar-refractivity contribution is -0.115. The summed E-state index contributed by atoms with van der Waals surface area (Å²) in [5, 5.41) is 8.53. The Labute approximate surface area is 203 Å². The Balaban J connectivity index is 1.67. The molecule has 0 fully saturated rings. The number of thioether (sulfide) groups is 1. The number of nitrogens with one attached hydrogen (secondary N) is 1. The van der Waals surface area contributed by atoms with Crippen LogP contribution in [0.3, 0.4) is 0 Å². The van der Waals surface area contributed by atoms with Gasteiger partial charge in [-0.05, 0) is 36.6 Å². The predicted molar refractivity (Wildman–Crippen MR) is 133 cm³/mol. The minimum absolute atomic E-state index is 0.418. The molecule has 1 atom stereocenters. The minimum Gasteiger partial charge on any atom is -0.493 e. The van der Waals surface area contributed by atoms with E-state index in [2.05, 4.69) is 17.2 Å². The molecule has 4 rings (SSSR count). The minimum atomic E-state index is -0.529. The fourth-order valence-corrected chi connectivity index (χ4v) is 4.75. The molecule has 2 heterocycles. The van der Waals surface area contributed by atoms with Gasteiger partial charge in [0.05, 0.1) is 12.7 Å². The van der Waals surface area contributed by atoms with Gasteiger partial charge >= 0.3 is 0 Å². The molecule has 34 heavy (non-hydrogen) atoms. The zero-order valence-corrected chi connectivity index (χ0v) is 20.4. The Kier molecular flexibility index (Phi) is 7.42. The number of methoxy groups -OCH3 is 1. The summed E-state index contributed by atoms with van der Waals surface area (Å²) in [6.45, 7) is 4.39. The van der Waals surface area contributed by atoms with Crippen LogP contribution in [0.2, 0.25) is 0 Å². The van der Waals surface area contributed by atoms with E-state index in [9.17, 15) is 4.79 Å². The third-order valence-electron chi connectivity index (χ3n) is 5.57. The van der Waals surface area contributed by atoms with Gasteiger partial charge in [0.1, 0.15) is 12.6 Å². The van der Waals surface area contributed by atoms with Crippen LogP contribution < -0.4 is 20.5 Å². The Hall–Kier alpha value is -3.46. The first-order valence-electron chi connectivity index (χ1n) is 11.2. The van der Waals surface area contributed by atoms with Crippen molar-refractivity contribution in [3.8, 4) is 11.5 Å². The molecule has 0 saturated carbocycles. The fraction of sp³-hybridized carbons (Fsp3) is 0.320. The van der Waals surface area contributed by atoms with Crippen molar-refractivity contribution in [1.82, 2.24) is 14.8 Å². The third kappa shape index (κ3) is 5.04. The molecule has 3 N–H and O–H groups in total. The van der Waals surface area contributed by atoms with E-state index in [1.54, 1.807) is 23.6 Å². The molecule has 8 nitrogen and oxygen atoms in total. The summed E-state index contributed by atoms with van der Waals surface area (Å²) < 4.78 is 13.3. The van der Waals surface area contributed by atoms with Gasteiger partial charge in [-0.15, -0.1) is 5.10 Å². The normalized spacial score (nSPS) is 15.0. The highest BCUT2D eigenvalue weighted by molar-refractivity contribution is 7.99. The van der Waals surface area contributed by atoms with Gasteiger partial charge in [0.2, 0.25) is 17.0 Å². The number of hydrogen-bond acceptors (Lipinski definition) is 7. The van der Waals surface area contributed by atoms with E-state index in [0.717, 1.165) is 29.7 Å². The number of ether oxygens (including phenoxy) is 2. The summed E-state index contributed by atoms with van der Waals surface area (Å²) in [4.78, 5) is 17.1. The summed E-state index contributed by atoms with van der Waals surface area (Å²) in [5.74, 6) is 2.17. The molecule has 0 radical (unpaired) electrons. The number of carbonyl (C=O) groups is 1. The zero-order valence-electron chi connectivity index (χ0n) is 19.6. The van der Waals surface area contributed by atoms with Crippen LogP contribution in [0, 0.1) is 0 Å². The Morgan fingerprint density at radius 3 is 2.71 bits per heavy atom. The molecule has 1 unspecified atom stereocenters. The van der Waals surface area contributed by atoms with Gasteiger partial charge < -0.3 is 20.5 Å². The number of anilines is 1. The summed E-state index contributed by atoms with van der Waals surface area (Å²) in [6, 6.07) is 15.0. The van der Waals surface area contributed by atoms with Crippen molar-refractivity contribution in [3.05, 3.63) is 70.9 Å². The van der Waals surface area contributed by atoms with Crippen LogP contribution in [0.25, 0.3) is 0 Å². The van der Waals surface area contributed by atoms with Crippen molar-refractivity contribution in [1.29, 1.82) is 0 Å². The van der Waals surface area contributed by atoms with Crippen LogP contribution in [-0.2, 0) is 11.4 Å². The van der Waals surface area contributed by atoms with Gasteiger partial charge in [-0.25, -0.2) is 4.68 Å². The van der Waals surface area contributed by atoms with Gasteiger partial charge in [0.25, 0.3) is 0 Å². The number of allylic oxidation sites excluding steroid dienone is 1. The monoisotopic (exact) mass is 479 g/mol. The molecule has 1 aliphatic rings. The molecule has 9 heteroatoms. The van der Waals surface area contributed by atoms with Crippen LogP contribution in [0.1, 0.15) is 43.9 Å². The van der Waals surface area contributed by atoms with Crippen molar-refractivity contribution in [2.24, 2.45) is 5.73 Å². The number of nitrogens with two attached hydrogens (primary N) is 1. The van der Waals surface area contributed by atoms with E-state index >= 15 is 0 Å². The first-order valence-corrected chi connectivity index (χ1v) is 12.2. The second kappa shape index (κ2) is 10.6. The molecule has 0 spiro atoms. The van der Waals surface area contributed by atoms with Gasteiger partial charge in [-0.1, -0.05) is 61.5 Å². The number of carbonyl (C=O) groups excluding carboxylic acids is 1. The maximum atomic E-state index is 12.5. The number of hydrogen-bond donors (Lipinski definition) is 2. The molecule has 0 saturated heterocycles. The molecule has 2 aromatic carbocycles. The van der Waals surface area contributed by atoms with Crippen molar-refractivity contribution < 1.29 is 14.3 Å².